The molecule has 1 fully saturated rings. The number of carbonyl (C=O) groups is 1. The Bertz CT molecular complexity index is 383. The van der Waals surface area contributed by atoms with E-state index in [2.05, 4.69) is 15.3 Å². The monoisotopic (exact) mass is 222 g/mol. The second kappa shape index (κ2) is 4.46. The second-order valence-electron chi connectivity index (χ2n) is 3.46. The van der Waals surface area contributed by atoms with Crippen LogP contribution in [0.2, 0.25) is 0 Å². The molecular weight excluding hydrogens is 211 g/mol. The number of nitrogens with zero attached hydrogens (tertiary/aromatic N) is 3. The topological polar surface area (TPSA) is 98.6 Å². The normalized spacial score (nSPS) is 15.9. The van der Waals surface area contributed by atoms with Crippen LogP contribution in [0.15, 0.2) is 12.4 Å². The first kappa shape index (κ1) is 10.8. The average Bonchev–Trinajstić information content (AvgIpc) is 2.29. The van der Waals surface area contributed by atoms with Crippen LogP contribution in [0.5, 0.6) is 0 Å². The van der Waals surface area contributed by atoms with E-state index in [1.54, 1.807) is 4.90 Å². The van der Waals surface area contributed by atoms with Gasteiger partial charge in [0.1, 0.15) is 0 Å². The third-order valence-corrected chi connectivity index (χ3v) is 2.28. The molecule has 7 nitrogen and oxygen atoms in total. The van der Waals surface area contributed by atoms with Crippen molar-refractivity contribution in [3.05, 3.63) is 12.4 Å². The SMILES string of the molecule is O=C1CN(c2ncc(B(O)O)cn2)CCN1. The van der Waals surface area contributed by atoms with Gasteiger partial charge in [-0.05, 0) is 0 Å². The van der Waals surface area contributed by atoms with Crippen LogP contribution >= 0.6 is 0 Å². The first-order valence-corrected chi connectivity index (χ1v) is 4.86. The van der Waals surface area contributed by atoms with Crippen molar-refractivity contribution in [2.75, 3.05) is 24.5 Å². The summed E-state index contributed by atoms with van der Waals surface area (Å²) in [6.45, 7) is 1.43. The molecular formula is C8H11BN4O3. The molecule has 0 aromatic carbocycles. The zero-order valence-corrected chi connectivity index (χ0v) is 8.50. The van der Waals surface area contributed by atoms with E-state index in [0.29, 0.717) is 19.0 Å². The number of hydrogen-bond donors (Lipinski definition) is 3. The fourth-order valence-corrected chi connectivity index (χ4v) is 1.44. The number of anilines is 1. The van der Waals surface area contributed by atoms with Gasteiger partial charge < -0.3 is 20.3 Å². The van der Waals surface area contributed by atoms with Gasteiger partial charge in [-0.25, -0.2) is 9.97 Å². The first-order valence-electron chi connectivity index (χ1n) is 4.86. The van der Waals surface area contributed by atoms with E-state index in [0.717, 1.165) is 0 Å². The molecule has 0 unspecified atom stereocenters. The van der Waals surface area contributed by atoms with E-state index in [4.69, 9.17) is 10.0 Å². The zero-order chi connectivity index (χ0) is 11.5. The number of nitrogens with one attached hydrogen (secondary N) is 1. The Morgan fingerprint density at radius 1 is 1.38 bits per heavy atom. The van der Waals surface area contributed by atoms with Crippen molar-refractivity contribution in [3.63, 3.8) is 0 Å². The summed E-state index contributed by atoms with van der Waals surface area (Å²) in [6.07, 6.45) is 2.67. The largest absolute Gasteiger partial charge is 0.491 e. The summed E-state index contributed by atoms with van der Waals surface area (Å²) in [5.74, 6) is 0.348. The first-order chi connectivity index (χ1) is 7.66. The fourth-order valence-electron chi connectivity index (χ4n) is 1.44. The molecule has 1 aliphatic heterocycles. The number of piperazine rings is 1. The fraction of sp³-hybridized carbons (Fsp3) is 0.375. The second-order valence-corrected chi connectivity index (χ2v) is 3.46. The van der Waals surface area contributed by atoms with Crippen LogP contribution in [0.3, 0.4) is 0 Å². The summed E-state index contributed by atoms with van der Waals surface area (Å²) in [6, 6.07) is 0. The molecule has 1 saturated heterocycles. The van der Waals surface area contributed by atoms with Crippen LogP contribution < -0.4 is 15.7 Å². The molecule has 84 valence electrons. The predicted molar refractivity (Wildman–Crippen MR) is 57.1 cm³/mol. The van der Waals surface area contributed by atoms with Crippen LogP contribution in [0.25, 0.3) is 0 Å². The molecule has 1 aliphatic rings. The predicted octanol–water partition coefficient (Wildman–Crippen LogP) is -2.91. The maximum atomic E-state index is 11.1. The third kappa shape index (κ3) is 2.29. The van der Waals surface area contributed by atoms with Gasteiger partial charge in [0.05, 0.1) is 6.54 Å². The zero-order valence-electron chi connectivity index (χ0n) is 8.50. The van der Waals surface area contributed by atoms with Crippen LogP contribution in [-0.4, -0.2) is 52.7 Å². The Balaban J connectivity index is 2.11. The Morgan fingerprint density at radius 3 is 2.62 bits per heavy atom. The minimum absolute atomic E-state index is 0.0684. The van der Waals surface area contributed by atoms with E-state index in [-0.39, 0.29) is 17.9 Å². The van der Waals surface area contributed by atoms with Gasteiger partial charge >= 0.3 is 7.12 Å². The highest BCUT2D eigenvalue weighted by molar-refractivity contribution is 6.58. The van der Waals surface area contributed by atoms with Crippen LogP contribution in [-0.2, 0) is 4.79 Å². The quantitative estimate of drug-likeness (QED) is 0.464. The maximum Gasteiger partial charge on any atom is 0.491 e. The minimum atomic E-state index is -1.57. The highest BCUT2D eigenvalue weighted by Crippen LogP contribution is 2.05. The molecule has 0 radical (unpaired) electrons. The lowest BCUT2D eigenvalue weighted by molar-refractivity contribution is -0.120. The summed E-state index contributed by atoms with van der Waals surface area (Å²) in [7, 11) is -1.57. The molecule has 0 spiro atoms. The van der Waals surface area contributed by atoms with Crippen molar-refractivity contribution in [1.82, 2.24) is 15.3 Å². The van der Waals surface area contributed by atoms with Crippen molar-refractivity contribution in [1.29, 1.82) is 0 Å². The molecule has 3 N–H and O–H groups in total. The highest BCUT2D eigenvalue weighted by Gasteiger charge is 2.19. The van der Waals surface area contributed by atoms with Gasteiger partial charge in [0.2, 0.25) is 11.9 Å². The van der Waals surface area contributed by atoms with E-state index in [1.165, 1.54) is 12.4 Å². The van der Waals surface area contributed by atoms with E-state index >= 15 is 0 Å². The van der Waals surface area contributed by atoms with Crippen molar-refractivity contribution in [2.24, 2.45) is 0 Å². The Hall–Kier alpha value is -1.67. The molecule has 2 heterocycles. The Morgan fingerprint density at radius 2 is 2.06 bits per heavy atom. The van der Waals surface area contributed by atoms with Gasteiger partial charge in [-0.3, -0.25) is 4.79 Å². The summed E-state index contributed by atoms with van der Waals surface area (Å²) in [5, 5.41) is 20.4. The maximum absolute atomic E-state index is 11.1. The molecule has 1 aromatic rings. The summed E-state index contributed by atoms with van der Waals surface area (Å²) in [4.78, 5) is 20.8. The average molecular weight is 222 g/mol. The van der Waals surface area contributed by atoms with Crippen LogP contribution in [0.1, 0.15) is 0 Å². The van der Waals surface area contributed by atoms with Crippen molar-refractivity contribution in [2.45, 2.75) is 0 Å². The number of amides is 1. The van der Waals surface area contributed by atoms with Gasteiger partial charge in [0.15, 0.2) is 0 Å². The highest BCUT2D eigenvalue weighted by atomic mass is 16.4. The van der Waals surface area contributed by atoms with E-state index < -0.39 is 7.12 Å². The van der Waals surface area contributed by atoms with Crippen molar-refractivity contribution in [3.8, 4) is 0 Å². The van der Waals surface area contributed by atoms with Crippen molar-refractivity contribution >= 4 is 24.4 Å². The standard InChI is InChI=1S/C8H11BN4O3/c14-7-5-13(2-1-10-7)8-11-3-6(4-12-8)9(15)16/h3-4,15-16H,1-2,5H2,(H,10,14). The van der Waals surface area contributed by atoms with Crippen molar-refractivity contribution < 1.29 is 14.8 Å². The molecule has 0 atom stereocenters. The molecule has 0 saturated carbocycles. The lowest BCUT2D eigenvalue weighted by Gasteiger charge is -2.26. The molecule has 1 aromatic heterocycles. The summed E-state index contributed by atoms with van der Waals surface area (Å²) < 4.78 is 0. The van der Waals surface area contributed by atoms with E-state index in [1.807, 2.05) is 0 Å². The van der Waals surface area contributed by atoms with Crippen LogP contribution in [0, 0.1) is 0 Å². The lowest BCUT2D eigenvalue weighted by atomic mass is 9.83. The Labute approximate surface area is 92.3 Å². The molecule has 2 rings (SSSR count). The number of hydrogen-bond acceptors (Lipinski definition) is 6. The molecule has 0 aliphatic carbocycles. The van der Waals surface area contributed by atoms with Crippen LogP contribution in [0.4, 0.5) is 5.95 Å². The van der Waals surface area contributed by atoms with Gasteiger partial charge in [-0.1, -0.05) is 0 Å². The third-order valence-electron chi connectivity index (χ3n) is 2.28. The molecule has 8 heteroatoms. The minimum Gasteiger partial charge on any atom is -0.423 e. The summed E-state index contributed by atoms with van der Waals surface area (Å²) in [5.41, 5.74) is 0.227. The number of carbonyl (C=O) groups excluding carboxylic acids is 1. The van der Waals surface area contributed by atoms with Gasteiger partial charge in [-0.2, -0.15) is 0 Å². The van der Waals surface area contributed by atoms with Gasteiger partial charge in [-0.15, -0.1) is 0 Å². The molecule has 1 amide bonds. The lowest BCUT2D eigenvalue weighted by Crippen LogP contribution is -2.48. The number of rotatable bonds is 2. The molecule has 16 heavy (non-hydrogen) atoms. The smallest absolute Gasteiger partial charge is 0.423 e. The van der Waals surface area contributed by atoms with Gasteiger partial charge in [0, 0.05) is 30.9 Å². The van der Waals surface area contributed by atoms with Gasteiger partial charge in [0.25, 0.3) is 0 Å². The number of aromatic nitrogens is 2. The molecule has 0 bridgehead atoms. The summed E-state index contributed by atoms with van der Waals surface area (Å²) >= 11 is 0. The Kier molecular flexibility index (Phi) is 3.02. The van der Waals surface area contributed by atoms with E-state index in [9.17, 15) is 4.79 Å².